The van der Waals surface area contributed by atoms with Gasteiger partial charge in [0.2, 0.25) is 0 Å². The number of halogens is 3. The summed E-state index contributed by atoms with van der Waals surface area (Å²) in [5.74, 6) is 0.873. The first-order valence-electron chi connectivity index (χ1n) is 7.74. The van der Waals surface area contributed by atoms with Crippen molar-refractivity contribution >= 4 is 0 Å². The van der Waals surface area contributed by atoms with Crippen LogP contribution in [0.5, 0.6) is 0 Å². The third-order valence-corrected chi connectivity index (χ3v) is 4.64. The van der Waals surface area contributed by atoms with Crippen LogP contribution in [0, 0.1) is 11.8 Å². The lowest BCUT2D eigenvalue weighted by Gasteiger charge is -2.31. The summed E-state index contributed by atoms with van der Waals surface area (Å²) in [5.41, 5.74) is -0.0711. The number of rotatable bonds is 4. The van der Waals surface area contributed by atoms with Crippen LogP contribution in [-0.4, -0.2) is 11.2 Å². The first-order valence-corrected chi connectivity index (χ1v) is 7.74. The summed E-state index contributed by atoms with van der Waals surface area (Å²) in [4.78, 5) is 0. The third-order valence-electron chi connectivity index (χ3n) is 4.64. The van der Waals surface area contributed by atoms with Crippen molar-refractivity contribution in [1.82, 2.24) is 0 Å². The fourth-order valence-corrected chi connectivity index (χ4v) is 3.34. The van der Waals surface area contributed by atoms with E-state index in [1.54, 1.807) is 6.07 Å². The molecule has 3 unspecified atom stereocenters. The largest absolute Gasteiger partial charge is 0.416 e. The summed E-state index contributed by atoms with van der Waals surface area (Å²) < 4.78 is 38.1. The second kappa shape index (κ2) is 6.82. The maximum Gasteiger partial charge on any atom is 0.416 e. The Morgan fingerprint density at radius 3 is 2.71 bits per heavy atom. The topological polar surface area (TPSA) is 20.2 Å². The SMILES string of the molecule is CCC1CCCC(C(O)Cc2cccc(C(F)(F)F)c2)C1. The Bertz CT molecular complexity index is 456. The van der Waals surface area contributed by atoms with E-state index in [9.17, 15) is 18.3 Å². The minimum atomic E-state index is -4.32. The molecule has 2 rings (SSSR count). The van der Waals surface area contributed by atoms with Gasteiger partial charge in [-0.05, 0) is 42.7 Å². The minimum Gasteiger partial charge on any atom is -0.392 e. The molecule has 1 N–H and O–H groups in total. The highest BCUT2D eigenvalue weighted by molar-refractivity contribution is 5.26. The molecule has 0 saturated heterocycles. The molecule has 4 heteroatoms. The van der Waals surface area contributed by atoms with Crippen LogP contribution < -0.4 is 0 Å². The van der Waals surface area contributed by atoms with Crippen LogP contribution in [0.2, 0.25) is 0 Å². The number of benzene rings is 1. The highest BCUT2D eigenvalue weighted by atomic mass is 19.4. The predicted octanol–water partition coefficient (Wildman–Crippen LogP) is 4.83. The van der Waals surface area contributed by atoms with Crippen LogP contribution in [0.15, 0.2) is 24.3 Å². The van der Waals surface area contributed by atoms with Crippen LogP contribution in [0.4, 0.5) is 13.2 Å². The molecule has 0 spiro atoms. The molecule has 0 aromatic heterocycles. The van der Waals surface area contributed by atoms with E-state index in [0.29, 0.717) is 17.9 Å². The van der Waals surface area contributed by atoms with Crippen molar-refractivity contribution in [2.75, 3.05) is 0 Å². The van der Waals surface area contributed by atoms with Crippen molar-refractivity contribution < 1.29 is 18.3 Å². The Balaban J connectivity index is 2.00. The van der Waals surface area contributed by atoms with Gasteiger partial charge in [0.15, 0.2) is 0 Å². The summed E-state index contributed by atoms with van der Waals surface area (Å²) in [6.45, 7) is 2.16. The first kappa shape index (κ1) is 16.3. The van der Waals surface area contributed by atoms with Gasteiger partial charge in [-0.25, -0.2) is 0 Å². The maximum atomic E-state index is 12.7. The van der Waals surface area contributed by atoms with Crippen LogP contribution in [0.3, 0.4) is 0 Å². The number of aliphatic hydroxyl groups excluding tert-OH is 1. The Kier molecular flexibility index (Phi) is 5.31. The molecule has 3 atom stereocenters. The van der Waals surface area contributed by atoms with Gasteiger partial charge in [-0.3, -0.25) is 0 Å². The lowest BCUT2D eigenvalue weighted by molar-refractivity contribution is -0.137. The second-order valence-electron chi connectivity index (χ2n) is 6.17. The molecule has 1 aromatic carbocycles. The van der Waals surface area contributed by atoms with Crippen molar-refractivity contribution in [1.29, 1.82) is 0 Å². The number of hydrogen-bond acceptors (Lipinski definition) is 1. The van der Waals surface area contributed by atoms with Crippen molar-refractivity contribution in [3.8, 4) is 0 Å². The number of alkyl halides is 3. The van der Waals surface area contributed by atoms with Crippen LogP contribution in [0.1, 0.15) is 50.2 Å². The van der Waals surface area contributed by atoms with Gasteiger partial charge in [-0.15, -0.1) is 0 Å². The zero-order valence-electron chi connectivity index (χ0n) is 12.4. The van der Waals surface area contributed by atoms with E-state index in [4.69, 9.17) is 0 Å². The summed E-state index contributed by atoms with van der Waals surface area (Å²) in [7, 11) is 0. The molecule has 118 valence electrons. The van der Waals surface area contributed by atoms with E-state index >= 15 is 0 Å². The van der Waals surface area contributed by atoms with Gasteiger partial charge < -0.3 is 5.11 Å². The van der Waals surface area contributed by atoms with E-state index in [1.165, 1.54) is 12.5 Å². The van der Waals surface area contributed by atoms with E-state index in [2.05, 4.69) is 6.92 Å². The molecule has 0 amide bonds. The first-order chi connectivity index (χ1) is 9.90. The minimum absolute atomic E-state index is 0.221. The zero-order valence-corrected chi connectivity index (χ0v) is 12.4. The standard InChI is InChI=1S/C17H23F3O/c1-2-12-5-3-7-14(9-12)16(21)11-13-6-4-8-15(10-13)17(18,19)20/h4,6,8,10,12,14,16,21H,2-3,5,7,9,11H2,1H3. The quantitative estimate of drug-likeness (QED) is 0.844. The highest BCUT2D eigenvalue weighted by Crippen LogP contribution is 2.34. The fraction of sp³-hybridized carbons (Fsp3) is 0.647. The van der Waals surface area contributed by atoms with Gasteiger partial charge in [0.25, 0.3) is 0 Å². The average molecular weight is 300 g/mol. The number of aliphatic hydroxyl groups is 1. The van der Waals surface area contributed by atoms with Crippen molar-refractivity contribution in [3.63, 3.8) is 0 Å². The van der Waals surface area contributed by atoms with E-state index in [1.807, 2.05) is 0 Å². The van der Waals surface area contributed by atoms with Crippen molar-refractivity contribution in [2.45, 2.75) is 57.7 Å². The summed E-state index contributed by atoms with van der Waals surface area (Å²) in [6, 6.07) is 5.31. The molecular weight excluding hydrogens is 277 g/mol. The Morgan fingerprint density at radius 1 is 1.29 bits per heavy atom. The van der Waals surface area contributed by atoms with E-state index < -0.39 is 17.8 Å². The second-order valence-corrected chi connectivity index (χ2v) is 6.17. The smallest absolute Gasteiger partial charge is 0.392 e. The molecule has 1 aliphatic rings. The van der Waals surface area contributed by atoms with Crippen LogP contribution >= 0.6 is 0 Å². The van der Waals surface area contributed by atoms with E-state index in [0.717, 1.165) is 37.8 Å². The Hall–Kier alpha value is -1.03. The van der Waals surface area contributed by atoms with Gasteiger partial charge >= 0.3 is 6.18 Å². The molecule has 0 aliphatic heterocycles. The molecule has 21 heavy (non-hydrogen) atoms. The average Bonchev–Trinajstić information content (AvgIpc) is 2.46. The molecule has 0 heterocycles. The zero-order chi connectivity index (χ0) is 15.5. The molecule has 0 radical (unpaired) electrons. The van der Waals surface area contributed by atoms with Gasteiger partial charge in [-0.2, -0.15) is 13.2 Å². The molecule has 1 fully saturated rings. The molecule has 1 aromatic rings. The molecule has 1 saturated carbocycles. The fourth-order valence-electron chi connectivity index (χ4n) is 3.34. The van der Waals surface area contributed by atoms with Crippen molar-refractivity contribution in [3.05, 3.63) is 35.4 Å². The molecular formula is C17H23F3O. The van der Waals surface area contributed by atoms with Gasteiger partial charge in [0.1, 0.15) is 0 Å². The molecule has 1 nitrogen and oxygen atoms in total. The molecule has 1 aliphatic carbocycles. The monoisotopic (exact) mass is 300 g/mol. The Labute approximate surface area is 124 Å². The maximum absolute atomic E-state index is 12.7. The lowest BCUT2D eigenvalue weighted by atomic mass is 9.76. The lowest BCUT2D eigenvalue weighted by Crippen LogP contribution is -2.28. The summed E-state index contributed by atoms with van der Waals surface area (Å²) in [5, 5.41) is 10.4. The van der Waals surface area contributed by atoms with Gasteiger partial charge in [0.05, 0.1) is 11.7 Å². The normalized spacial score (nSPS) is 24.8. The predicted molar refractivity (Wildman–Crippen MR) is 76.9 cm³/mol. The van der Waals surface area contributed by atoms with Crippen LogP contribution in [0.25, 0.3) is 0 Å². The highest BCUT2D eigenvalue weighted by Gasteiger charge is 2.31. The van der Waals surface area contributed by atoms with E-state index in [-0.39, 0.29) is 5.92 Å². The van der Waals surface area contributed by atoms with Crippen LogP contribution in [-0.2, 0) is 12.6 Å². The Morgan fingerprint density at radius 2 is 2.05 bits per heavy atom. The molecule has 0 bridgehead atoms. The van der Waals surface area contributed by atoms with Gasteiger partial charge in [-0.1, -0.05) is 44.4 Å². The van der Waals surface area contributed by atoms with Gasteiger partial charge in [0, 0.05) is 0 Å². The summed E-state index contributed by atoms with van der Waals surface area (Å²) in [6.07, 6.45) is 0.874. The summed E-state index contributed by atoms with van der Waals surface area (Å²) >= 11 is 0. The third kappa shape index (κ3) is 4.47. The number of hydrogen-bond donors (Lipinski definition) is 1. The van der Waals surface area contributed by atoms with Crippen molar-refractivity contribution in [2.24, 2.45) is 11.8 Å².